The number of nitriles is 1. The van der Waals surface area contributed by atoms with Crippen LogP contribution >= 0.6 is 11.8 Å². The predicted molar refractivity (Wildman–Crippen MR) is 103 cm³/mol. The Hall–Kier alpha value is -1.75. The van der Waals surface area contributed by atoms with E-state index in [9.17, 15) is 4.79 Å². The Balaban J connectivity index is 2.37. The number of thioether (sulfide) groups is 1. The molecular weight excluding hydrogens is 335 g/mol. The fourth-order valence-corrected chi connectivity index (χ4v) is 2.92. The van der Waals surface area contributed by atoms with Crippen molar-refractivity contribution in [1.29, 1.82) is 5.26 Å². The smallest absolute Gasteiger partial charge is 0.400 e. The first-order valence-electron chi connectivity index (χ1n) is 8.05. The Bertz CT molecular complexity index is 737. The van der Waals surface area contributed by atoms with Gasteiger partial charge in [-0.2, -0.15) is 5.26 Å². The van der Waals surface area contributed by atoms with E-state index < -0.39 is 18.3 Å². The van der Waals surface area contributed by atoms with Crippen LogP contribution in [-0.4, -0.2) is 29.2 Å². The van der Waals surface area contributed by atoms with Crippen molar-refractivity contribution < 1.29 is 14.1 Å². The minimum Gasteiger partial charge on any atom is -0.400 e. The number of nitrogens with zero attached hydrogens (tertiary/aromatic N) is 1. The molecule has 1 aliphatic rings. The highest BCUT2D eigenvalue weighted by Crippen LogP contribution is 2.39. The van der Waals surface area contributed by atoms with Crippen molar-refractivity contribution >= 4 is 35.8 Å². The van der Waals surface area contributed by atoms with Crippen LogP contribution in [0.3, 0.4) is 0 Å². The number of carbonyl (C=O) groups is 1. The second-order valence-electron chi connectivity index (χ2n) is 7.05. The van der Waals surface area contributed by atoms with Crippen molar-refractivity contribution in [2.75, 3.05) is 11.5 Å². The summed E-state index contributed by atoms with van der Waals surface area (Å²) in [4.78, 5) is 11.4. The summed E-state index contributed by atoms with van der Waals surface area (Å²) in [5.41, 5.74) is 7.37. The fourth-order valence-electron chi connectivity index (χ4n) is 2.33. The molecule has 1 aliphatic heterocycles. The summed E-state index contributed by atoms with van der Waals surface area (Å²) >= 11 is 1.20. The molecule has 25 heavy (non-hydrogen) atoms. The van der Waals surface area contributed by atoms with Crippen molar-refractivity contribution in [2.24, 2.45) is 0 Å². The van der Waals surface area contributed by atoms with Gasteiger partial charge >= 0.3 is 7.12 Å². The molecule has 2 rings (SSSR count). The van der Waals surface area contributed by atoms with E-state index in [0.29, 0.717) is 17.0 Å². The quantitative estimate of drug-likeness (QED) is 0.656. The molecule has 1 saturated heterocycles. The van der Waals surface area contributed by atoms with Crippen LogP contribution in [0.25, 0.3) is 6.08 Å². The van der Waals surface area contributed by atoms with E-state index in [1.54, 1.807) is 12.1 Å². The number of anilines is 1. The molecule has 7 heteroatoms. The van der Waals surface area contributed by atoms with Crippen LogP contribution in [0.15, 0.2) is 23.7 Å². The normalized spacial score (nSPS) is 18.9. The third kappa shape index (κ3) is 4.46. The Morgan fingerprint density at radius 3 is 2.44 bits per heavy atom. The molecule has 1 heterocycles. The molecule has 0 bridgehead atoms. The van der Waals surface area contributed by atoms with Gasteiger partial charge in [0, 0.05) is 18.4 Å². The van der Waals surface area contributed by atoms with Crippen LogP contribution in [0.5, 0.6) is 0 Å². The first-order chi connectivity index (χ1) is 11.6. The van der Waals surface area contributed by atoms with Gasteiger partial charge in [0.15, 0.2) is 5.12 Å². The van der Waals surface area contributed by atoms with Crippen molar-refractivity contribution in [2.45, 2.75) is 45.8 Å². The zero-order valence-corrected chi connectivity index (χ0v) is 16.1. The van der Waals surface area contributed by atoms with Crippen LogP contribution in [0.4, 0.5) is 5.69 Å². The number of benzene rings is 1. The van der Waals surface area contributed by atoms with E-state index in [-0.39, 0.29) is 5.12 Å². The third-order valence-corrected chi connectivity index (χ3v) is 5.43. The summed E-state index contributed by atoms with van der Waals surface area (Å²) in [6.45, 7) is 9.47. The molecule has 132 valence electrons. The average Bonchev–Trinajstić information content (AvgIpc) is 2.73. The lowest BCUT2D eigenvalue weighted by molar-refractivity contribution is -0.109. The minimum atomic E-state index is -0.542. The SMILES string of the molecule is CC(=O)SCC(=Cc1ccc(N)c(C#N)c1)B1OC(C)(C)C(C)(C)O1. The van der Waals surface area contributed by atoms with Gasteiger partial charge in [0.1, 0.15) is 6.07 Å². The molecular formula is C18H23BN2O3S. The molecule has 0 amide bonds. The second-order valence-corrected chi connectivity index (χ2v) is 8.20. The van der Waals surface area contributed by atoms with Crippen molar-refractivity contribution in [3.8, 4) is 6.07 Å². The molecule has 0 aromatic heterocycles. The molecule has 0 radical (unpaired) electrons. The summed E-state index contributed by atoms with van der Waals surface area (Å²) in [7, 11) is -0.542. The summed E-state index contributed by atoms with van der Waals surface area (Å²) in [6.07, 6.45) is 1.90. The highest BCUT2D eigenvalue weighted by Gasteiger charge is 2.52. The second kappa shape index (κ2) is 7.24. The minimum absolute atomic E-state index is 0.0254. The van der Waals surface area contributed by atoms with Crippen LogP contribution < -0.4 is 5.73 Å². The molecule has 0 spiro atoms. The predicted octanol–water partition coefficient (Wildman–Crippen LogP) is 3.43. The standard InChI is InChI=1S/C18H23BN2O3S/c1-12(22)25-11-15(19-23-17(2,3)18(4,5)24-19)9-13-6-7-16(21)14(8-13)10-20/h6-9H,11,21H2,1-5H3. The molecule has 0 saturated carbocycles. The molecule has 0 atom stereocenters. The molecule has 1 aromatic carbocycles. The van der Waals surface area contributed by atoms with Gasteiger partial charge in [-0.15, -0.1) is 0 Å². The van der Waals surface area contributed by atoms with Crippen molar-refractivity contribution in [3.63, 3.8) is 0 Å². The summed E-state index contributed by atoms with van der Waals surface area (Å²) in [6, 6.07) is 7.33. The lowest BCUT2D eigenvalue weighted by Gasteiger charge is -2.32. The Morgan fingerprint density at radius 1 is 1.32 bits per heavy atom. The lowest BCUT2D eigenvalue weighted by Crippen LogP contribution is -2.41. The van der Waals surface area contributed by atoms with Gasteiger partial charge in [0.25, 0.3) is 0 Å². The number of carbonyl (C=O) groups excluding carboxylic acids is 1. The molecule has 0 unspecified atom stereocenters. The number of rotatable bonds is 4. The van der Waals surface area contributed by atoms with Crippen LogP contribution in [0, 0.1) is 11.3 Å². The van der Waals surface area contributed by atoms with Gasteiger partial charge in [-0.25, -0.2) is 0 Å². The number of hydrogen-bond donors (Lipinski definition) is 1. The third-order valence-electron chi connectivity index (χ3n) is 4.55. The first kappa shape index (κ1) is 19.6. The zero-order chi connectivity index (χ0) is 18.8. The van der Waals surface area contributed by atoms with E-state index in [1.807, 2.05) is 39.8 Å². The van der Waals surface area contributed by atoms with Gasteiger partial charge in [0.05, 0.1) is 16.8 Å². The maximum atomic E-state index is 11.4. The Morgan fingerprint density at radius 2 is 1.92 bits per heavy atom. The van der Waals surface area contributed by atoms with Crippen LogP contribution in [0.1, 0.15) is 45.7 Å². The van der Waals surface area contributed by atoms with E-state index in [2.05, 4.69) is 6.07 Å². The number of hydrogen-bond acceptors (Lipinski definition) is 6. The number of nitrogens with two attached hydrogens (primary N) is 1. The Kier molecular flexibility index (Phi) is 5.67. The van der Waals surface area contributed by atoms with Gasteiger partial charge in [-0.3, -0.25) is 4.79 Å². The Labute approximate surface area is 153 Å². The van der Waals surface area contributed by atoms with Crippen molar-refractivity contribution in [3.05, 3.63) is 34.8 Å². The molecule has 5 nitrogen and oxygen atoms in total. The molecule has 2 N–H and O–H groups in total. The highest BCUT2D eigenvalue weighted by atomic mass is 32.2. The van der Waals surface area contributed by atoms with E-state index >= 15 is 0 Å². The maximum Gasteiger partial charge on any atom is 0.491 e. The first-order valence-corrected chi connectivity index (χ1v) is 9.03. The average molecular weight is 358 g/mol. The highest BCUT2D eigenvalue weighted by molar-refractivity contribution is 8.13. The van der Waals surface area contributed by atoms with Crippen LogP contribution in [0.2, 0.25) is 0 Å². The van der Waals surface area contributed by atoms with E-state index in [4.69, 9.17) is 20.3 Å². The molecule has 1 aromatic rings. The largest absolute Gasteiger partial charge is 0.491 e. The van der Waals surface area contributed by atoms with Gasteiger partial charge in [-0.1, -0.05) is 23.9 Å². The van der Waals surface area contributed by atoms with Gasteiger partial charge < -0.3 is 15.0 Å². The fraction of sp³-hybridized carbons (Fsp3) is 0.444. The monoisotopic (exact) mass is 358 g/mol. The van der Waals surface area contributed by atoms with E-state index in [1.165, 1.54) is 18.7 Å². The lowest BCUT2D eigenvalue weighted by atomic mass is 9.78. The molecule has 1 fully saturated rings. The van der Waals surface area contributed by atoms with Gasteiger partial charge in [0.2, 0.25) is 0 Å². The summed E-state index contributed by atoms with van der Waals surface area (Å²) in [5.74, 6) is 0.457. The van der Waals surface area contributed by atoms with Crippen molar-refractivity contribution in [1.82, 2.24) is 0 Å². The summed E-state index contributed by atoms with van der Waals surface area (Å²) in [5, 5.41) is 9.18. The molecule has 0 aliphatic carbocycles. The number of nitrogen functional groups attached to an aromatic ring is 1. The van der Waals surface area contributed by atoms with Gasteiger partial charge in [-0.05, 0) is 50.9 Å². The zero-order valence-electron chi connectivity index (χ0n) is 15.3. The van der Waals surface area contributed by atoms with Crippen LogP contribution in [-0.2, 0) is 14.1 Å². The maximum absolute atomic E-state index is 11.4. The topological polar surface area (TPSA) is 85.3 Å². The van der Waals surface area contributed by atoms with E-state index in [0.717, 1.165) is 11.0 Å². The summed E-state index contributed by atoms with van der Waals surface area (Å²) < 4.78 is 12.2.